The predicted octanol–water partition coefficient (Wildman–Crippen LogP) is 2.17. The summed E-state index contributed by atoms with van der Waals surface area (Å²) in [5, 5.41) is 19.7. The quantitative estimate of drug-likeness (QED) is 0.889. The van der Waals surface area contributed by atoms with E-state index in [1.807, 2.05) is 18.2 Å². The van der Waals surface area contributed by atoms with Gasteiger partial charge in [-0.25, -0.2) is 0 Å². The monoisotopic (exact) mass is 283 g/mol. The van der Waals surface area contributed by atoms with Gasteiger partial charge in [0.05, 0.1) is 12.0 Å². The molecule has 1 aliphatic heterocycles. The van der Waals surface area contributed by atoms with Gasteiger partial charge in [-0.3, -0.25) is 4.79 Å². The average molecular weight is 284 g/mol. The number of nitrogens with zero attached hydrogens (tertiary/aromatic N) is 1. The number of carboxylic acids is 1. The van der Waals surface area contributed by atoms with Gasteiger partial charge < -0.3 is 15.1 Å². The number of benzene rings is 1. The molecule has 0 radical (unpaired) electrons. The van der Waals surface area contributed by atoms with Gasteiger partial charge in [-0.2, -0.15) is 0 Å². The predicted molar refractivity (Wildman–Crippen MR) is 73.2 cm³/mol. The van der Waals surface area contributed by atoms with Crippen LogP contribution in [-0.2, 0) is 4.79 Å². The standard InChI is InChI=1S/C14H18ClNO3/c15-12-4-2-1-3-11(12)13(17)9-16-7-5-10(6-8-16)14(18)19/h1-4,10,13,17H,5-9H2,(H,18,19). The Hall–Kier alpha value is -1.10. The Morgan fingerprint density at radius 2 is 2.00 bits per heavy atom. The van der Waals surface area contributed by atoms with Crippen molar-refractivity contribution in [3.05, 3.63) is 34.9 Å². The summed E-state index contributed by atoms with van der Waals surface area (Å²) in [6.07, 6.45) is 0.657. The molecule has 0 aromatic heterocycles. The lowest BCUT2D eigenvalue weighted by molar-refractivity contribution is -0.143. The van der Waals surface area contributed by atoms with E-state index in [1.165, 1.54) is 0 Å². The number of aliphatic hydroxyl groups is 1. The van der Waals surface area contributed by atoms with Crippen molar-refractivity contribution < 1.29 is 15.0 Å². The number of rotatable bonds is 4. The average Bonchev–Trinajstić information content (AvgIpc) is 2.39. The molecular formula is C14H18ClNO3. The minimum atomic E-state index is -0.716. The van der Waals surface area contributed by atoms with Gasteiger partial charge in [-0.15, -0.1) is 0 Å². The first-order valence-electron chi connectivity index (χ1n) is 6.45. The number of aliphatic hydroxyl groups excluding tert-OH is 1. The van der Waals surface area contributed by atoms with E-state index in [4.69, 9.17) is 16.7 Å². The molecule has 19 heavy (non-hydrogen) atoms. The van der Waals surface area contributed by atoms with E-state index >= 15 is 0 Å². The Morgan fingerprint density at radius 3 is 2.58 bits per heavy atom. The van der Waals surface area contributed by atoms with Gasteiger partial charge in [0.15, 0.2) is 0 Å². The van der Waals surface area contributed by atoms with Crippen LogP contribution >= 0.6 is 11.6 Å². The number of β-amino-alcohol motifs (C(OH)–C–C–N with tert-alkyl or cyclic N) is 1. The zero-order valence-electron chi connectivity index (χ0n) is 10.6. The summed E-state index contributed by atoms with van der Waals surface area (Å²) in [5.41, 5.74) is 0.726. The summed E-state index contributed by atoms with van der Waals surface area (Å²) in [4.78, 5) is 13.0. The first-order valence-corrected chi connectivity index (χ1v) is 6.83. The maximum Gasteiger partial charge on any atom is 0.306 e. The fraction of sp³-hybridized carbons (Fsp3) is 0.500. The molecule has 5 heteroatoms. The third-order valence-electron chi connectivity index (χ3n) is 3.63. The summed E-state index contributed by atoms with van der Waals surface area (Å²) in [6, 6.07) is 7.26. The van der Waals surface area contributed by atoms with Crippen molar-refractivity contribution >= 4 is 17.6 Å². The molecule has 2 N–H and O–H groups in total. The number of halogens is 1. The largest absolute Gasteiger partial charge is 0.481 e. The Bertz CT molecular complexity index is 444. The molecule has 1 aliphatic rings. The number of carboxylic acid groups (broad SMARTS) is 1. The van der Waals surface area contributed by atoms with Crippen molar-refractivity contribution in [1.82, 2.24) is 4.90 Å². The summed E-state index contributed by atoms with van der Waals surface area (Å²) < 4.78 is 0. The van der Waals surface area contributed by atoms with Crippen molar-refractivity contribution in [3.63, 3.8) is 0 Å². The number of likely N-dealkylation sites (tertiary alicyclic amines) is 1. The fourth-order valence-corrected chi connectivity index (χ4v) is 2.71. The van der Waals surface area contributed by atoms with Gasteiger partial charge in [0.2, 0.25) is 0 Å². The highest BCUT2D eigenvalue weighted by atomic mass is 35.5. The summed E-state index contributed by atoms with van der Waals surface area (Å²) in [7, 11) is 0. The van der Waals surface area contributed by atoms with Gasteiger partial charge in [0.25, 0.3) is 0 Å². The highest BCUT2D eigenvalue weighted by molar-refractivity contribution is 6.31. The van der Waals surface area contributed by atoms with Crippen LogP contribution in [0.15, 0.2) is 24.3 Å². The van der Waals surface area contributed by atoms with E-state index in [-0.39, 0.29) is 5.92 Å². The number of aliphatic carboxylic acids is 1. The molecular weight excluding hydrogens is 266 g/mol. The number of hydrogen-bond donors (Lipinski definition) is 2. The molecule has 2 rings (SSSR count). The third kappa shape index (κ3) is 3.69. The molecule has 0 amide bonds. The third-order valence-corrected chi connectivity index (χ3v) is 3.98. The molecule has 0 bridgehead atoms. The first-order chi connectivity index (χ1) is 9.08. The van der Waals surface area contributed by atoms with Crippen molar-refractivity contribution in [2.24, 2.45) is 5.92 Å². The van der Waals surface area contributed by atoms with Crippen molar-refractivity contribution in [1.29, 1.82) is 0 Å². The van der Waals surface area contributed by atoms with Crippen molar-refractivity contribution in [3.8, 4) is 0 Å². The molecule has 4 nitrogen and oxygen atoms in total. The van der Waals surface area contributed by atoms with E-state index in [0.717, 1.165) is 5.56 Å². The minimum absolute atomic E-state index is 0.242. The van der Waals surface area contributed by atoms with E-state index in [0.29, 0.717) is 37.5 Å². The second-order valence-electron chi connectivity index (χ2n) is 4.95. The van der Waals surface area contributed by atoms with Crippen LogP contribution in [0.25, 0.3) is 0 Å². The second kappa shape index (κ2) is 6.37. The highest BCUT2D eigenvalue weighted by Gasteiger charge is 2.26. The molecule has 0 spiro atoms. The van der Waals surface area contributed by atoms with Crippen LogP contribution in [0.2, 0.25) is 5.02 Å². The molecule has 104 valence electrons. The summed E-state index contributed by atoms with van der Waals surface area (Å²) in [6.45, 7) is 1.91. The van der Waals surface area contributed by atoms with Crippen LogP contribution in [0.4, 0.5) is 0 Å². The minimum Gasteiger partial charge on any atom is -0.481 e. The normalized spacial score (nSPS) is 19.3. The molecule has 1 aromatic carbocycles. The Balaban J connectivity index is 1.89. The van der Waals surface area contributed by atoms with Crippen molar-refractivity contribution in [2.75, 3.05) is 19.6 Å². The molecule has 0 aliphatic carbocycles. The zero-order chi connectivity index (χ0) is 13.8. The lowest BCUT2D eigenvalue weighted by Crippen LogP contribution is -2.38. The van der Waals surface area contributed by atoms with Gasteiger partial charge >= 0.3 is 5.97 Å². The highest BCUT2D eigenvalue weighted by Crippen LogP contribution is 2.25. The molecule has 1 atom stereocenters. The zero-order valence-corrected chi connectivity index (χ0v) is 11.4. The van der Waals surface area contributed by atoms with Crippen LogP contribution in [0.3, 0.4) is 0 Å². The van der Waals surface area contributed by atoms with Gasteiger partial charge in [0, 0.05) is 17.1 Å². The van der Waals surface area contributed by atoms with Gasteiger partial charge in [-0.1, -0.05) is 29.8 Å². The summed E-state index contributed by atoms with van der Waals surface area (Å²) in [5.74, 6) is -0.958. The molecule has 1 heterocycles. The second-order valence-corrected chi connectivity index (χ2v) is 5.36. The van der Waals surface area contributed by atoms with E-state index in [2.05, 4.69) is 4.90 Å². The Labute approximate surface area is 117 Å². The van der Waals surface area contributed by atoms with Gasteiger partial charge in [0.1, 0.15) is 0 Å². The fourth-order valence-electron chi connectivity index (χ4n) is 2.45. The van der Waals surface area contributed by atoms with Crippen LogP contribution in [0.5, 0.6) is 0 Å². The summed E-state index contributed by atoms with van der Waals surface area (Å²) >= 11 is 6.05. The first kappa shape index (κ1) is 14.3. The van der Waals surface area contributed by atoms with Crippen molar-refractivity contribution in [2.45, 2.75) is 18.9 Å². The number of carbonyl (C=O) groups is 1. The Morgan fingerprint density at radius 1 is 1.37 bits per heavy atom. The lowest BCUT2D eigenvalue weighted by Gasteiger charge is -2.31. The number of piperidine rings is 1. The van der Waals surface area contributed by atoms with Crippen LogP contribution in [0.1, 0.15) is 24.5 Å². The van der Waals surface area contributed by atoms with E-state index in [9.17, 15) is 9.90 Å². The molecule has 1 unspecified atom stereocenters. The maximum absolute atomic E-state index is 10.9. The van der Waals surface area contributed by atoms with Crippen LogP contribution in [0, 0.1) is 5.92 Å². The Kier molecular flexibility index (Phi) is 4.80. The molecule has 1 aromatic rings. The van der Waals surface area contributed by atoms with E-state index < -0.39 is 12.1 Å². The lowest BCUT2D eigenvalue weighted by atomic mass is 9.96. The molecule has 0 saturated carbocycles. The number of hydrogen-bond acceptors (Lipinski definition) is 3. The van der Waals surface area contributed by atoms with Crippen LogP contribution in [-0.4, -0.2) is 40.7 Å². The smallest absolute Gasteiger partial charge is 0.306 e. The van der Waals surface area contributed by atoms with Gasteiger partial charge in [-0.05, 0) is 32.0 Å². The topological polar surface area (TPSA) is 60.8 Å². The maximum atomic E-state index is 10.9. The molecule has 1 fully saturated rings. The van der Waals surface area contributed by atoms with E-state index in [1.54, 1.807) is 6.07 Å². The van der Waals surface area contributed by atoms with Crippen LogP contribution < -0.4 is 0 Å². The SMILES string of the molecule is O=C(O)C1CCN(CC(O)c2ccccc2Cl)CC1. The molecule has 1 saturated heterocycles.